The number of benzene rings is 2. The number of hydrogen-bond donors (Lipinski definition) is 1. The van der Waals surface area contributed by atoms with Crippen LogP contribution in [0.2, 0.25) is 0 Å². The van der Waals surface area contributed by atoms with Crippen LogP contribution in [0.25, 0.3) is 0 Å². The van der Waals surface area contributed by atoms with Crippen LogP contribution in [0.3, 0.4) is 0 Å². The summed E-state index contributed by atoms with van der Waals surface area (Å²) in [6, 6.07) is 10.9. The number of amides is 2. The molecule has 0 aliphatic heterocycles. The molecular weight excluding hydrogens is 481 g/mol. The molecule has 0 aliphatic carbocycles. The molecule has 0 aromatic heterocycles. The van der Waals surface area contributed by atoms with E-state index in [-0.39, 0.29) is 37.7 Å². The van der Waals surface area contributed by atoms with E-state index < -0.39 is 27.4 Å². The Hall–Kier alpha value is -2.94. The van der Waals surface area contributed by atoms with Crippen LogP contribution in [0, 0.1) is 19.7 Å². The van der Waals surface area contributed by atoms with Crippen LogP contribution in [-0.2, 0) is 26.2 Å². The molecule has 7 nitrogen and oxygen atoms in total. The Kier molecular flexibility index (Phi) is 9.65. The first kappa shape index (κ1) is 29.3. The maximum atomic E-state index is 14.4. The molecule has 1 N–H and O–H groups in total. The molecule has 9 heteroatoms. The molecule has 0 aliphatic rings. The smallest absolute Gasteiger partial charge is 0.242 e. The average Bonchev–Trinajstić information content (AvgIpc) is 2.75. The number of nitrogens with one attached hydrogen (secondary N) is 1. The Morgan fingerprint density at radius 2 is 1.72 bits per heavy atom. The average molecular weight is 520 g/mol. The standard InChI is InChI=1S/C27H38FN3O4S/c1-19-14-15-20(2)24(17-19)31(36(7,34)35)16-10-13-25(32)30(18-22-11-8-9-12-23(22)28)21(3)26(33)29-27(4,5)6/h8-9,11-12,14-15,17,21H,10,13,16,18H2,1-7H3,(H,29,33)/t21-/m1/s1. The Bertz CT molecular complexity index is 1190. The van der Waals surface area contributed by atoms with Gasteiger partial charge in [0.15, 0.2) is 0 Å². The Labute approximate surface area is 214 Å². The SMILES string of the molecule is Cc1ccc(C)c(N(CCCC(=O)N(Cc2ccccc2F)[C@H](C)C(=O)NC(C)(C)C)S(C)(=O)=O)c1. The van der Waals surface area contributed by atoms with Gasteiger partial charge in [-0.25, -0.2) is 12.8 Å². The third kappa shape index (κ3) is 8.33. The maximum absolute atomic E-state index is 14.4. The van der Waals surface area contributed by atoms with E-state index in [0.717, 1.165) is 17.4 Å². The predicted octanol–water partition coefficient (Wildman–Crippen LogP) is 4.32. The van der Waals surface area contributed by atoms with Gasteiger partial charge >= 0.3 is 0 Å². The summed E-state index contributed by atoms with van der Waals surface area (Å²) in [6.45, 7) is 10.9. The van der Waals surface area contributed by atoms with Crippen molar-refractivity contribution in [3.05, 3.63) is 65.0 Å². The number of aryl methyl sites for hydroxylation is 2. The summed E-state index contributed by atoms with van der Waals surface area (Å²) in [5.41, 5.74) is 2.11. The molecule has 198 valence electrons. The third-order valence-corrected chi connectivity index (χ3v) is 6.93. The molecule has 0 unspecified atom stereocenters. The lowest BCUT2D eigenvalue weighted by Gasteiger charge is -2.32. The molecule has 0 spiro atoms. The van der Waals surface area contributed by atoms with Crippen molar-refractivity contribution in [2.24, 2.45) is 0 Å². The molecule has 36 heavy (non-hydrogen) atoms. The lowest BCUT2D eigenvalue weighted by Crippen LogP contribution is -2.52. The number of carbonyl (C=O) groups excluding carboxylic acids is 2. The summed E-state index contributed by atoms with van der Waals surface area (Å²) < 4.78 is 40.8. The second kappa shape index (κ2) is 11.9. The summed E-state index contributed by atoms with van der Waals surface area (Å²) in [4.78, 5) is 27.5. The second-order valence-electron chi connectivity index (χ2n) is 10.3. The molecule has 0 bridgehead atoms. The van der Waals surface area contributed by atoms with Gasteiger partial charge in [0, 0.05) is 30.6 Å². The van der Waals surface area contributed by atoms with E-state index in [1.54, 1.807) is 25.1 Å². The van der Waals surface area contributed by atoms with Crippen LogP contribution < -0.4 is 9.62 Å². The van der Waals surface area contributed by atoms with Gasteiger partial charge in [0.2, 0.25) is 21.8 Å². The molecule has 2 aromatic carbocycles. The van der Waals surface area contributed by atoms with E-state index in [1.807, 2.05) is 52.8 Å². The number of rotatable bonds is 10. The predicted molar refractivity (Wildman–Crippen MR) is 142 cm³/mol. The Morgan fingerprint density at radius 1 is 1.08 bits per heavy atom. The molecule has 2 amide bonds. The highest BCUT2D eigenvalue weighted by Crippen LogP contribution is 2.25. The molecule has 0 fully saturated rings. The monoisotopic (exact) mass is 519 g/mol. The van der Waals surface area contributed by atoms with Gasteiger partial charge < -0.3 is 10.2 Å². The van der Waals surface area contributed by atoms with Gasteiger partial charge in [-0.3, -0.25) is 13.9 Å². The van der Waals surface area contributed by atoms with E-state index in [2.05, 4.69) is 5.32 Å². The lowest BCUT2D eigenvalue weighted by molar-refractivity contribution is -0.141. The van der Waals surface area contributed by atoms with Gasteiger partial charge in [0.25, 0.3) is 0 Å². The zero-order valence-corrected chi connectivity index (χ0v) is 23.1. The highest BCUT2D eigenvalue weighted by molar-refractivity contribution is 7.92. The summed E-state index contributed by atoms with van der Waals surface area (Å²) in [7, 11) is -3.58. The first-order chi connectivity index (χ1) is 16.6. The molecule has 2 rings (SSSR count). The van der Waals surface area contributed by atoms with E-state index in [9.17, 15) is 22.4 Å². The van der Waals surface area contributed by atoms with Gasteiger partial charge in [-0.1, -0.05) is 30.3 Å². The quantitative estimate of drug-likeness (QED) is 0.507. The van der Waals surface area contributed by atoms with Crippen molar-refractivity contribution < 1.29 is 22.4 Å². The number of sulfonamides is 1. The minimum absolute atomic E-state index is 0.00151. The number of carbonyl (C=O) groups is 2. The zero-order chi connectivity index (χ0) is 27.3. The summed E-state index contributed by atoms with van der Waals surface area (Å²) >= 11 is 0. The Balaban J connectivity index is 2.24. The highest BCUT2D eigenvalue weighted by Gasteiger charge is 2.29. The molecule has 0 radical (unpaired) electrons. The van der Waals surface area contributed by atoms with Gasteiger partial charge in [-0.2, -0.15) is 0 Å². The van der Waals surface area contributed by atoms with Gasteiger partial charge in [-0.05, 0) is 71.2 Å². The second-order valence-corrected chi connectivity index (χ2v) is 12.2. The normalized spacial score (nSPS) is 12.7. The van der Waals surface area contributed by atoms with Crippen molar-refractivity contribution >= 4 is 27.5 Å². The van der Waals surface area contributed by atoms with Crippen molar-refractivity contribution in [3.63, 3.8) is 0 Å². The van der Waals surface area contributed by atoms with E-state index in [0.29, 0.717) is 11.3 Å². The lowest BCUT2D eigenvalue weighted by atomic mass is 10.1. The largest absolute Gasteiger partial charge is 0.350 e. The molecule has 0 heterocycles. The number of hydrogen-bond acceptors (Lipinski definition) is 4. The zero-order valence-electron chi connectivity index (χ0n) is 22.3. The van der Waals surface area contributed by atoms with Gasteiger partial charge in [0.1, 0.15) is 11.9 Å². The molecular formula is C27H38FN3O4S. The summed E-state index contributed by atoms with van der Waals surface area (Å²) in [5, 5.41) is 2.87. The van der Waals surface area contributed by atoms with Crippen LogP contribution in [0.4, 0.5) is 10.1 Å². The molecule has 2 aromatic rings. The van der Waals surface area contributed by atoms with Crippen molar-refractivity contribution in [1.82, 2.24) is 10.2 Å². The topological polar surface area (TPSA) is 86.8 Å². The van der Waals surface area contributed by atoms with Gasteiger partial charge in [0.05, 0.1) is 11.9 Å². The van der Waals surface area contributed by atoms with Crippen LogP contribution in [-0.4, -0.2) is 49.5 Å². The summed E-state index contributed by atoms with van der Waals surface area (Å²) in [5.74, 6) is -1.17. The van der Waals surface area contributed by atoms with Gasteiger partial charge in [-0.15, -0.1) is 0 Å². The highest BCUT2D eigenvalue weighted by atomic mass is 32.2. The molecule has 1 atom stereocenters. The Morgan fingerprint density at radius 3 is 2.31 bits per heavy atom. The molecule has 0 saturated carbocycles. The molecule has 0 saturated heterocycles. The van der Waals surface area contributed by atoms with Crippen molar-refractivity contribution in [2.75, 3.05) is 17.1 Å². The fraction of sp³-hybridized carbons (Fsp3) is 0.481. The first-order valence-corrected chi connectivity index (χ1v) is 13.8. The minimum Gasteiger partial charge on any atom is -0.350 e. The van der Waals surface area contributed by atoms with Crippen LogP contribution in [0.5, 0.6) is 0 Å². The third-order valence-electron chi connectivity index (χ3n) is 5.75. The summed E-state index contributed by atoms with van der Waals surface area (Å²) in [6.07, 6.45) is 1.37. The van der Waals surface area contributed by atoms with Crippen molar-refractivity contribution in [3.8, 4) is 0 Å². The minimum atomic E-state index is -3.58. The van der Waals surface area contributed by atoms with E-state index in [4.69, 9.17) is 0 Å². The fourth-order valence-corrected chi connectivity index (χ4v) is 4.85. The number of anilines is 1. The number of nitrogens with zero attached hydrogens (tertiary/aromatic N) is 2. The first-order valence-electron chi connectivity index (χ1n) is 12.0. The van der Waals surface area contributed by atoms with Crippen molar-refractivity contribution in [1.29, 1.82) is 0 Å². The van der Waals surface area contributed by atoms with Crippen LogP contribution in [0.1, 0.15) is 57.2 Å². The van der Waals surface area contributed by atoms with Crippen molar-refractivity contribution in [2.45, 2.75) is 72.5 Å². The number of halogens is 1. The fourth-order valence-electron chi connectivity index (χ4n) is 3.84. The van der Waals surface area contributed by atoms with E-state index in [1.165, 1.54) is 15.3 Å². The van der Waals surface area contributed by atoms with Crippen LogP contribution in [0.15, 0.2) is 42.5 Å². The van der Waals surface area contributed by atoms with E-state index >= 15 is 0 Å². The maximum Gasteiger partial charge on any atom is 0.242 e. The van der Waals surface area contributed by atoms with Crippen LogP contribution >= 0.6 is 0 Å².